The molecule has 2 aromatic carbocycles. The maximum absolute atomic E-state index is 6.10. The zero-order chi connectivity index (χ0) is 20.3. The molecule has 4 aromatic rings. The predicted octanol–water partition coefficient (Wildman–Crippen LogP) is 5.19. The van der Waals surface area contributed by atoms with Gasteiger partial charge in [0, 0.05) is 30.8 Å². The molecular weight excluding hydrogens is 376 g/mol. The SMILES string of the molecule is CC(c1ccc(Oc2nccnc2C2CCCOC2)cc1)c1nc2ccccc2[nH]1. The van der Waals surface area contributed by atoms with E-state index in [1.54, 1.807) is 12.4 Å². The van der Waals surface area contributed by atoms with Crippen molar-refractivity contribution in [3.05, 3.63) is 78.0 Å². The predicted molar refractivity (Wildman–Crippen MR) is 115 cm³/mol. The monoisotopic (exact) mass is 400 g/mol. The molecule has 0 saturated carbocycles. The molecule has 0 bridgehead atoms. The molecule has 2 aromatic heterocycles. The van der Waals surface area contributed by atoms with Crippen LogP contribution in [-0.4, -0.2) is 33.1 Å². The molecule has 2 unspecified atom stereocenters. The molecule has 6 nitrogen and oxygen atoms in total. The normalized spacial score (nSPS) is 17.7. The van der Waals surface area contributed by atoms with Crippen LogP contribution in [0.15, 0.2) is 60.9 Å². The van der Waals surface area contributed by atoms with Gasteiger partial charge in [-0.25, -0.2) is 9.97 Å². The summed E-state index contributed by atoms with van der Waals surface area (Å²) in [5.41, 5.74) is 4.08. The molecule has 1 aliphatic rings. The minimum atomic E-state index is 0.151. The zero-order valence-electron chi connectivity index (χ0n) is 16.9. The van der Waals surface area contributed by atoms with E-state index in [0.29, 0.717) is 12.5 Å². The van der Waals surface area contributed by atoms with Gasteiger partial charge in [0.25, 0.3) is 0 Å². The summed E-state index contributed by atoms with van der Waals surface area (Å²) >= 11 is 0. The van der Waals surface area contributed by atoms with Crippen LogP contribution in [0, 0.1) is 0 Å². The van der Waals surface area contributed by atoms with Crippen molar-refractivity contribution < 1.29 is 9.47 Å². The Balaban J connectivity index is 1.34. The van der Waals surface area contributed by atoms with E-state index >= 15 is 0 Å². The van der Waals surface area contributed by atoms with Crippen LogP contribution >= 0.6 is 0 Å². The van der Waals surface area contributed by atoms with Crippen molar-refractivity contribution in [1.82, 2.24) is 19.9 Å². The van der Waals surface area contributed by atoms with Crippen LogP contribution in [0.3, 0.4) is 0 Å². The number of benzene rings is 2. The summed E-state index contributed by atoms with van der Waals surface area (Å²) in [5, 5.41) is 0. The topological polar surface area (TPSA) is 72.9 Å². The molecule has 1 aliphatic heterocycles. The molecule has 3 heterocycles. The van der Waals surface area contributed by atoms with Gasteiger partial charge in [-0.1, -0.05) is 31.2 Å². The van der Waals surface area contributed by atoms with Crippen LogP contribution in [0.5, 0.6) is 11.6 Å². The van der Waals surface area contributed by atoms with Gasteiger partial charge in [-0.15, -0.1) is 0 Å². The summed E-state index contributed by atoms with van der Waals surface area (Å²) in [6.07, 6.45) is 5.47. The van der Waals surface area contributed by atoms with Crippen molar-refractivity contribution >= 4 is 11.0 Å². The molecule has 152 valence electrons. The highest BCUT2D eigenvalue weighted by atomic mass is 16.5. The van der Waals surface area contributed by atoms with E-state index in [4.69, 9.17) is 14.5 Å². The minimum Gasteiger partial charge on any atom is -0.437 e. The number of nitrogens with zero attached hydrogens (tertiary/aromatic N) is 3. The van der Waals surface area contributed by atoms with Gasteiger partial charge in [-0.3, -0.25) is 4.98 Å². The number of aromatic amines is 1. The van der Waals surface area contributed by atoms with Crippen molar-refractivity contribution in [3.63, 3.8) is 0 Å². The molecule has 2 atom stereocenters. The third-order valence-corrected chi connectivity index (χ3v) is 5.65. The lowest BCUT2D eigenvalue weighted by molar-refractivity contribution is 0.0784. The van der Waals surface area contributed by atoms with Gasteiger partial charge < -0.3 is 14.5 Å². The second-order valence-corrected chi connectivity index (χ2v) is 7.69. The molecule has 0 spiro atoms. The summed E-state index contributed by atoms with van der Waals surface area (Å²) in [6.45, 7) is 3.64. The third kappa shape index (κ3) is 3.78. The van der Waals surface area contributed by atoms with E-state index in [0.717, 1.165) is 47.7 Å². The number of H-pyrrole nitrogens is 1. The maximum Gasteiger partial charge on any atom is 0.241 e. The molecule has 1 N–H and O–H groups in total. The van der Waals surface area contributed by atoms with Gasteiger partial charge in [0.1, 0.15) is 17.3 Å². The van der Waals surface area contributed by atoms with E-state index in [1.165, 1.54) is 5.56 Å². The molecule has 1 saturated heterocycles. The fourth-order valence-electron chi connectivity index (χ4n) is 3.92. The molecule has 30 heavy (non-hydrogen) atoms. The highest BCUT2D eigenvalue weighted by molar-refractivity contribution is 5.75. The van der Waals surface area contributed by atoms with E-state index in [9.17, 15) is 0 Å². The number of ether oxygens (including phenoxy) is 2. The Morgan fingerprint density at radius 3 is 2.70 bits per heavy atom. The molecule has 0 amide bonds. The van der Waals surface area contributed by atoms with Crippen molar-refractivity contribution in [2.24, 2.45) is 0 Å². The Morgan fingerprint density at radius 2 is 1.90 bits per heavy atom. The van der Waals surface area contributed by atoms with Gasteiger partial charge in [-0.2, -0.15) is 0 Å². The number of hydrogen-bond acceptors (Lipinski definition) is 5. The Hall–Kier alpha value is -3.25. The van der Waals surface area contributed by atoms with Gasteiger partial charge in [0.2, 0.25) is 5.88 Å². The van der Waals surface area contributed by atoms with Crippen LogP contribution in [0.2, 0.25) is 0 Å². The summed E-state index contributed by atoms with van der Waals surface area (Å²) in [5.74, 6) is 2.64. The first-order valence-electron chi connectivity index (χ1n) is 10.4. The number of fused-ring (bicyclic) bond motifs is 1. The Morgan fingerprint density at radius 1 is 1.07 bits per heavy atom. The van der Waals surface area contributed by atoms with Gasteiger partial charge in [0.05, 0.1) is 17.6 Å². The average molecular weight is 400 g/mol. The van der Waals surface area contributed by atoms with Crippen molar-refractivity contribution in [2.75, 3.05) is 13.2 Å². The summed E-state index contributed by atoms with van der Waals surface area (Å²) in [4.78, 5) is 17.1. The molecule has 0 radical (unpaired) electrons. The fraction of sp³-hybridized carbons (Fsp3) is 0.292. The van der Waals surface area contributed by atoms with Crippen LogP contribution in [0.4, 0.5) is 0 Å². The fourth-order valence-corrected chi connectivity index (χ4v) is 3.92. The Kier molecular flexibility index (Phi) is 5.15. The van der Waals surface area contributed by atoms with E-state index < -0.39 is 0 Å². The van der Waals surface area contributed by atoms with E-state index in [-0.39, 0.29) is 11.8 Å². The summed E-state index contributed by atoms with van der Waals surface area (Å²) < 4.78 is 11.7. The largest absolute Gasteiger partial charge is 0.437 e. The first kappa shape index (κ1) is 18.8. The summed E-state index contributed by atoms with van der Waals surface area (Å²) in [7, 11) is 0. The van der Waals surface area contributed by atoms with Crippen molar-refractivity contribution in [3.8, 4) is 11.6 Å². The first-order valence-corrected chi connectivity index (χ1v) is 10.4. The second-order valence-electron chi connectivity index (χ2n) is 7.69. The van der Waals surface area contributed by atoms with Crippen molar-refractivity contribution in [1.29, 1.82) is 0 Å². The quantitative estimate of drug-likeness (QED) is 0.499. The minimum absolute atomic E-state index is 0.151. The second kappa shape index (κ2) is 8.24. The number of para-hydroxylation sites is 2. The Labute approximate surface area is 175 Å². The maximum atomic E-state index is 6.10. The third-order valence-electron chi connectivity index (χ3n) is 5.65. The van der Waals surface area contributed by atoms with Crippen LogP contribution in [0.1, 0.15) is 48.7 Å². The van der Waals surface area contributed by atoms with E-state index in [2.05, 4.69) is 34.0 Å². The van der Waals surface area contributed by atoms with Crippen molar-refractivity contribution in [2.45, 2.75) is 31.6 Å². The molecule has 6 heteroatoms. The number of hydrogen-bond donors (Lipinski definition) is 1. The highest BCUT2D eigenvalue weighted by Gasteiger charge is 2.22. The van der Waals surface area contributed by atoms with Crippen LogP contribution < -0.4 is 4.74 Å². The lowest BCUT2D eigenvalue weighted by atomic mass is 9.98. The molecular formula is C24H24N4O2. The number of nitrogens with one attached hydrogen (secondary N) is 1. The molecule has 5 rings (SSSR count). The number of imidazole rings is 1. The number of rotatable bonds is 5. The first-order chi connectivity index (χ1) is 14.8. The van der Waals surface area contributed by atoms with Gasteiger partial charge in [-0.05, 0) is 42.7 Å². The van der Waals surface area contributed by atoms with Crippen LogP contribution in [0.25, 0.3) is 11.0 Å². The average Bonchev–Trinajstić information content (AvgIpc) is 3.24. The van der Waals surface area contributed by atoms with Crippen LogP contribution in [-0.2, 0) is 4.74 Å². The lowest BCUT2D eigenvalue weighted by Crippen LogP contribution is -2.17. The molecule has 1 fully saturated rings. The standard InChI is InChI=1S/C24H24N4O2/c1-16(23-27-20-6-2-3-7-21(20)28-23)17-8-10-19(11-9-17)30-24-22(25-12-13-26-24)18-5-4-14-29-15-18/h2-3,6-13,16,18H,4-5,14-15H2,1H3,(H,27,28). The smallest absolute Gasteiger partial charge is 0.241 e. The highest BCUT2D eigenvalue weighted by Crippen LogP contribution is 2.32. The van der Waals surface area contributed by atoms with E-state index in [1.807, 2.05) is 36.4 Å². The van der Waals surface area contributed by atoms with Gasteiger partial charge in [0.15, 0.2) is 0 Å². The summed E-state index contributed by atoms with van der Waals surface area (Å²) in [6, 6.07) is 16.2. The number of aromatic nitrogens is 4. The van der Waals surface area contributed by atoms with Gasteiger partial charge >= 0.3 is 0 Å². The Bertz CT molecular complexity index is 1100. The molecule has 0 aliphatic carbocycles. The lowest BCUT2D eigenvalue weighted by Gasteiger charge is -2.22. The zero-order valence-corrected chi connectivity index (χ0v) is 16.9.